The Morgan fingerprint density at radius 1 is 1.00 bits per heavy atom. The van der Waals surface area contributed by atoms with E-state index in [9.17, 15) is 13.2 Å². The number of hydrogen-bond acceptors (Lipinski definition) is 4. The first-order chi connectivity index (χ1) is 12.6. The second kappa shape index (κ2) is 8.91. The van der Waals surface area contributed by atoms with Gasteiger partial charge < -0.3 is 4.90 Å². The second-order valence-corrected chi connectivity index (χ2v) is 9.53. The number of sulfonamides is 1. The Morgan fingerprint density at radius 2 is 1.63 bits per heavy atom. The van der Waals surface area contributed by atoms with E-state index in [0.29, 0.717) is 6.54 Å². The van der Waals surface area contributed by atoms with Crippen LogP contribution in [0.5, 0.6) is 0 Å². The van der Waals surface area contributed by atoms with Gasteiger partial charge in [-0.1, -0.05) is 18.2 Å². The minimum Gasteiger partial charge on any atom is -0.340 e. The zero-order valence-electron chi connectivity index (χ0n) is 16.4. The first-order valence-corrected chi connectivity index (χ1v) is 11.2. The summed E-state index contributed by atoms with van der Waals surface area (Å²) in [6.07, 6.45) is 2.01. The molecule has 0 fully saturated rings. The van der Waals surface area contributed by atoms with Crippen molar-refractivity contribution in [2.75, 3.05) is 26.9 Å². The number of benzene rings is 2. The van der Waals surface area contributed by atoms with Crippen LogP contribution in [0.15, 0.2) is 52.3 Å². The van der Waals surface area contributed by atoms with Crippen LogP contribution >= 0.6 is 11.8 Å². The Balaban J connectivity index is 2.05. The number of carbonyl (C=O) groups excluding carboxylic acids is 1. The lowest BCUT2D eigenvalue weighted by molar-refractivity contribution is -0.130. The number of likely N-dealkylation sites (N-methyl/N-ethyl adjacent to an activating group) is 2. The molecule has 0 saturated carbocycles. The van der Waals surface area contributed by atoms with Crippen LogP contribution in [0.1, 0.15) is 16.7 Å². The molecule has 27 heavy (non-hydrogen) atoms. The minimum atomic E-state index is -3.71. The van der Waals surface area contributed by atoms with Crippen LogP contribution in [0.4, 0.5) is 0 Å². The quantitative estimate of drug-likeness (QED) is 0.662. The zero-order valence-corrected chi connectivity index (χ0v) is 18.0. The van der Waals surface area contributed by atoms with E-state index in [4.69, 9.17) is 0 Å². The van der Waals surface area contributed by atoms with Gasteiger partial charge in [-0.25, -0.2) is 8.42 Å². The fourth-order valence-electron chi connectivity index (χ4n) is 2.54. The highest BCUT2D eigenvalue weighted by molar-refractivity contribution is 7.98. The van der Waals surface area contributed by atoms with Crippen molar-refractivity contribution in [3.8, 4) is 0 Å². The molecular weight excluding hydrogens is 380 g/mol. The van der Waals surface area contributed by atoms with E-state index in [-0.39, 0.29) is 17.3 Å². The summed E-state index contributed by atoms with van der Waals surface area (Å²) in [4.78, 5) is 15.4. The molecule has 0 aromatic heterocycles. The molecule has 0 aliphatic carbocycles. The van der Waals surface area contributed by atoms with Gasteiger partial charge in [-0.05, 0) is 61.1 Å². The first kappa shape index (κ1) is 21.5. The maximum absolute atomic E-state index is 12.7. The summed E-state index contributed by atoms with van der Waals surface area (Å²) >= 11 is 1.66. The van der Waals surface area contributed by atoms with E-state index in [1.807, 2.05) is 44.4 Å². The average Bonchev–Trinajstić information content (AvgIpc) is 2.64. The number of hydrogen-bond donors (Lipinski definition) is 0. The van der Waals surface area contributed by atoms with Crippen LogP contribution < -0.4 is 0 Å². The van der Waals surface area contributed by atoms with E-state index in [2.05, 4.69) is 0 Å². The summed E-state index contributed by atoms with van der Waals surface area (Å²) < 4.78 is 26.6. The topological polar surface area (TPSA) is 57.7 Å². The fourth-order valence-corrected chi connectivity index (χ4v) is 4.16. The number of thioether (sulfide) groups is 1. The molecule has 0 unspecified atom stereocenters. The lowest BCUT2D eigenvalue weighted by Gasteiger charge is -2.22. The van der Waals surface area contributed by atoms with Crippen molar-refractivity contribution >= 4 is 27.7 Å². The second-order valence-electron chi connectivity index (χ2n) is 6.61. The molecule has 0 bridgehead atoms. The maximum atomic E-state index is 12.7. The SMILES string of the molecule is CSc1ccc(CN(C)C(=O)CN(C)S(=O)(=O)c2ccc(C)c(C)c2)cc1. The standard InChI is InChI=1S/C20H26N2O3S2/c1-15-6-11-19(12-16(15)2)27(24,25)22(4)14-20(23)21(3)13-17-7-9-18(26-5)10-8-17/h6-12H,13-14H2,1-5H3. The van der Waals surface area contributed by atoms with Gasteiger partial charge in [0.05, 0.1) is 11.4 Å². The van der Waals surface area contributed by atoms with Crippen LogP contribution in [0.25, 0.3) is 0 Å². The van der Waals surface area contributed by atoms with E-state index < -0.39 is 10.0 Å². The van der Waals surface area contributed by atoms with E-state index in [1.165, 1.54) is 7.05 Å². The normalized spacial score (nSPS) is 11.6. The smallest absolute Gasteiger partial charge is 0.243 e. The molecule has 7 heteroatoms. The zero-order chi connectivity index (χ0) is 20.2. The monoisotopic (exact) mass is 406 g/mol. The van der Waals surface area contributed by atoms with Gasteiger partial charge in [-0.2, -0.15) is 4.31 Å². The van der Waals surface area contributed by atoms with Crippen molar-refractivity contribution in [1.29, 1.82) is 0 Å². The van der Waals surface area contributed by atoms with Crippen molar-refractivity contribution in [2.24, 2.45) is 0 Å². The molecule has 5 nitrogen and oxygen atoms in total. The molecule has 146 valence electrons. The number of aryl methyl sites for hydroxylation is 2. The highest BCUT2D eigenvalue weighted by Gasteiger charge is 2.24. The summed E-state index contributed by atoms with van der Waals surface area (Å²) in [5, 5.41) is 0. The molecule has 2 aromatic rings. The van der Waals surface area contributed by atoms with E-state index in [1.54, 1.807) is 41.9 Å². The van der Waals surface area contributed by atoms with Crippen molar-refractivity contribution in [1.82, 2.24) is 9.21 Å². The molecule has 2 aromatic carbocycles. The van der Waals surface area contributed by atoms with Gasteiger partial charge in [0, 0.05) is 25.5 Å². The molecule has 0 aliphatic heterocycles. The molecule has 0 heterocycles. The van der Waals surface area contributed by atoms with Gasteiger partial charge in [-0.3, -0.25) is 4.79 Å². The van der Waals surface area contributed by atoms with Crippen molar-refractivity contribution in [2.45, 2.75) is 30.2 Å². The van der Waals surface area contributed by atoms with Crippen LogP contribution in [-0.2, 0) is 21.4 Å². The Morgan fingerprint density at radius 3 is 2.19 bits per heavy atom. The van der Waals surface area contributed by atoms with Gasteiger partial charge in [0.25, 0.3) is 0 Å². The van der Waals surface area contributed by atoms with Crippen LogP contribution in [-0.4, -0.2) is 50.4 Å². The van der Waals surface area contributed by atoms with Crippen LogP contribution in [0.3, 0.4) is 0 Å². The Labute approximate surface area is 166 Å². The molecule has 1 amide bonds. The largest absolute Gasteiger partial charge is 0.340 e. The molecule has 0 atom stereocenters. The van der Waals surface area contributed by atoms with Crippen LogP contribution in [0, 0.1) is 13.8 Å². The van der Waals surface area contributed by atoms with E-state index >= 15 is 0 Å². The lowest BCUT2D eigenvalue weighted by atomic mass is 10.1. The molecule has 0 aliphatic rings. The van der Waals surface area contributed by atoms with Gasteiger partial charge in [0.1, 0.15) is 0 Å². The molecule has 0 radical (unpaired) electrons. The number of carbonyl (C=O) groups is 1. The lowest BCUT2D eigenvalue weighted by Crippen LogP contribution is -2.39. The number of amides is 1. The third kappa shape index (κ3) is 5.34. The molecule has 0 spiro atoms. The third-order valence-corrected chi connectivity index (χ3v) is 7.09. The Kier molecular flexibility index (Phi) is 7.08. The average molecular weight is 407 g/mol. The third-order valence-electron chi connectivity index (χ3n) is 4.55. The van der Waals surface area contributed by atoms with Gasteiger partial charge >= 0.3 is 0 Å². The molecule has 0 N–H and O–H groups in total. The summed E-state index contributed by atoms with van der Waals surface area (Å²) in [7, 11) is -0.590. The number of rotatable bonds is 7. The highest BCUT2D eigenvalue weighted by Crippen LogP contribution is 2.19. The minimum absolute atomic E-state index is 0.200. The predicted molar refractivity (Wildman–Crippen MR) is 110 cm³/mol. The summed E-state index contributed by atoms with van der Waals surface area (Å²) in [6, 6.07) is 13.0. The summed E-state index contributed by atoms with van der Waals surface area (Å²) in [5.74, 6) is -0.251. The summed E-state index contributed by atoms with van der Waals surface area (Å²) in [5.41, 5.74) is 2.94. The molecular formula is C20H26N2O3S2. The van der Waals surface area contributed by atoms with Gasteiger partial charge in [0.2, 0.25) is 15.9 Å². The Hall–Kier alpha value is -1.83. The predicted octanol–water partition coefficient (Wildman–Crippen LogP) is 3.30. The summed E-state index contributed by atoms with van der Waals surface area (Å²) in [6.45, 7) is 4.04. The van der Waals surface area contributed by atoms with Crippen molar-refractivity contribution < 1.29 is 13.2 Å². The first-order valence-electron chi connectivity index (χ1n) is 8.55. The van der Waals surface area contributed by atoms with Gasteiger partial charge in [0.15, 0.2) is 0 Å². The Bertz CT molecular complexity index is 909. The number of nitrogens with zero attached hydrogens (tertiary/aromatic N) is 2. The molecule has 0 saturated heterocycles. The van der Waals surface area contributed by atoms with Crippen LogP contribution in [0.2, 0.25) is 0 Å². The van der Waals surface area contributed by atoms with Gasteiger partial charge in [-0.15, -0.1) is 11.8 Å². The maximum Gasteiger partial charge on any atom is 0.243 e. The molecule has 2 rings (SSSR count). The van der Waals surface area contributed by atoms with Crippen molar-refractivity contribution in [3.05, 3.63) is 59.2 Å². The van der Waals surface area contributed by atoms with E-state index in [0.717, 1.165) is 25.9 Å². The fraction of sp³-hybridized carbons (Fsp3) is 0.350. The highest BCUT2D eigenvalue weighted by atomic mass is 32.2. The van der Waals surface area contributed by atoms with Crippen molar-refractivity contribution in [3.63, 3.8) is 0 Å².